The molecule has 2 atom stereocenters. The maximum absolute atomic E-state index is 12.7. The fourth-order valence-corrected chi connectivity index (χ4v) is 1.46. The molecule has 0 bridgehead atoms. The van der Waals surface area contributed by atoms with Crippen molar-refractivity contribution in [1.29, 1.82) is 0 Å². The van der Waals surface area contributed by atoms with Crippen LogP contribution >= 0.6 is 15.9 Å². The van der Waals surface area contributed by atoms with Crippen LogP contribution in [0.25, 0.3) is 0 Å². The van der Waals surface area contributed by atoms with E-state index in [2.05, 4.69) is 26.7 Å². The van der Waals surface area contributed by atoms with E-state index >= 15 is 0 Å². The SMILES string of the molecule is O=C(O)N1C[C@@H](F)CC1C#CBr. The Morgan fingerprint density at radius 3 is 2.92 bits per heavy atom. The first-order chi connectivity index (χ1) is 5.65. The van der Waals surface area contributed by atoms with E-state index in [9.17, 15) is 9.18 Å². The van der Waals surface area contributed by atoms with Crippen molar-refractivity contribution in [1.82, 2.24) is 4.90 Å². The molecule has 1 N–H and O–H groups in total. The second kappa shape index (κ2) is 3.76. The highest BCUT2D eigenvalue weighted by atomic mass is 79.9. The average Bonchev–Trinajstić information content (AvgIpc) is 2.32. The number of likely N-dealkylation sites (tertiary alicyclic amines) is 1. The van der Waals surface area contributed by atoms with Crippen molar-refractivity contribution >= 4 is 22.0 Å². The third-order valence-electron chi connectivity index (χ3n) is 1.72. The molecule has 0 aromatic carbocycles. The maximum Gasteiger partial charge on any atom is 0.408 e. The predicted molar refractivity (Wildman–Crippen MR) is 44.7 cm³/mol. The minimum atomic E-state index is -1.12. The van der Waals surface area contributed by atoms with Gasteiger partial charge in [-0.15, -0.1) is 0 Å². The van der Waals surface area contributed by atoms with E-state index in [-0.39, 0.29) is 13.0 Å². The van der Waals surface area contributed by atoms with Gasteiger partial charge in [0.1, 0.15) is 12.2 Å². The first-order valence-corrected chi connectivity index (χ1v) is 4.19. The molecule has 12 heavy (non-hydrogen) atoms. The number of hydrogen-bond donors (Lipinski definition) is 1. The van der Waals surface area contributed by atoms with Crippen LogP contribution < -0.4 is 0 Å². The number of hydrogen-bond acceptors (Lipinski definition) is 1. The third kappa shape index (κ3) is 1.89. The Bertz CT molecular complexity index is 248. The van der Waals surface area contributed by atoms with E-state index in [0.29, 0.717) is 0 Å². The summed E-state index contributed by atoms with van der Waals surface area (Å²) in [5, 5.41) is 8.60. The summed E-state index contributed by atoms with van der Waals surface area (Å²) in [6, 6.07) is -0.503. The summed E-state index contributed by atoms with van der Waals surface area (Å²) >= 11 is 2.85. The van der Waals surface area contributed by atoms with Crippen molar-refractivity contribution in [3.8, 4) is 10.8 Å². The molecule has 0 aliphatic carbocycles. The van der Waals surface area contributed by atoms with Crippen LogP contribution in [0.4, 0.5) is 9.18 Å². The van der Waals surface area contributed by atoms with E-state index < -0.39 is 18.3 Å². The number of carboxylic acid groups (broad SMARTS) is 1. The smallest absolute Gasteiger partial charge is 0.408 e. The number of amides is 1. The molecule has 0 radical (unpaired) electrons. The molecule has 1 aliphatic rings. The Labute approximate surface area is 77.7 Å². The molecule has 0 aromatic rings. The van der Waals surface area contributed by atoms with Gasteiger partial charge in [-0.1, -0.05) is 5.92 Å². The zero-order chi connectivity index (χ0) is 9.14. The van der Waals surface area contributed by atoms with Gasteiger partial charge < -0.3 is 5.11 Å². The van der Waals surface area contributed by atoms with Crippen LogP contribution in [0.2, 0.25) is 0 Å². The summed E-state index contributed by atoms with van der Waals surface area (Å²) in [4.78, 5) is 13.9. The second-order valence-corrected chi connectivity index (χ2v) is 2.92. The molecule has 1 aliphatic heterocycles. The molecular formula is C7H7BrFNO2. The van der Waals surface area contributed by atoms with Gasteiger partial charge in [0, 0.05) is 22.4 Å². The lowest BCUT2D eigenvalue weighted by atomic mass is 10.2. The standard InChI is InChI=1S/C7H7BrFNO2/c8-2-1-6-3-5(9)4-10(6)7(11)12/h5-6H,3-4H2,(H,11,12)/t5-,6?/m0/s1. The highest BCUT2D eigenvalue weighted by Gasteiger charge is 2.34. The van der Waals surface area contributed by atoms with Crippen molar-refractivity contribution < 1.29 is 14.3 Å². The number of alkyl halides is 1. The van der Waals surface area contributed by atoms with Crippen LogP contribution in [-0.4, -0.2) is 34.9 Å². The van der Waals surface area contributed by atoms with Crippen LogP contribution in [0.3, 0.4) is 0 Å². The quantitative estimate of drug-likeness (QED) is 0.646. The Hall–Kier alpha value is -0.760. The first-order valence-electron chi connectivity index (χ1n) is 3.40. The van der Waals surface area contributed by atoms with Crippen molar-refractivity contribution in [3.63, 3.8) is 0 Å². The molecule has 0 saturated carbocycles. The normalized spacial score (nSPS) is 28.0. The summed E-state index contributed by atoms with van der Waals surface area (Å²) in [5.74, 6) is 2.58. The molecule has 1 rings (SSSR count). The maximum atomic E-state index is 12.7. The van der Waals surface area contributed by atoms with E-state index in [1.807, 2.05) is 0 Å². The molecule has 3 nitrogen and oxygen atoms in total. The summed E-state index contributed by atoms with van der Waals surface area (Å²) in [7, 11) is 0. The van der Waals surface area contributed by atoms with Crippen molar-refractivity contribution in [2.24, 2.45) is 0 Å². The molecule has 1 saturated heterocycles. The van der Waals surface area contributed by atoms with Crippen molar-refractivity contribution in [2.45, 2.75) is 18.6 Å². The zero-order valence-electron chi connectivity index (χ0n) is 6.13. The van der Waals surface area contributed by atoms with E-state index in [0.717, 1.165) is 4.90 Å². The molecule has 1 amide bonds. The van der Waals surface area contributed by atoms with Gasteiger partial charge in [0.25, 0.3) is 0 Å². The highest BCUT2D eigenvalue weighted by Crippen LogP contribution is 2.19. The first kappa shape index (κ1) is 9.33. The van der Waals surface area contributed by atoms with Crippen LogP contribution in [0.5, 0.6) is 0 Å². The average molecular weight is 236 g/mol. The lowest BCUT2D eigenvalue weighted by Gasteiger charge is -2.14. The molecule has 1 unspecified atom stereocenters. The number of carbonyl (C=O) groups is 1. The van der Waals surface area contributed by atoms with Gasteiger partial charge in [0.2, 0.25) is 0 Å². The van der Waals surface area contributed by atoms with Gasteiger partial charge >= 0.3 is 6.09 Å². The van der Waals surface area contributed by atoms with E-state index in [1.54, 1.807) is 0 Å². The van der Waals surface area contributed by atoms with Crippen molar-refractivity contribution in [3.05, 3.63) is 0 Å². The molecule has 1 heterocycles. The molecule has 1 fully saturated rings. The lowest BCUT2D eigenvalue weighted by molar-refractivity contribution is 0.145. The van der Waals surface area contributed by atoms with Gasteiger partial charge in [-0.25, -0.2) is 9.18 Å². The molecule has 66 valence electrons. The molecule has 5 heteroatoms. The van der Waals surface area contributed by atoms with Gasteiger partial charge in [-0.05, 0) is 4.83 Å². The summed E-state index contributed by atoms with van der Waals surface area (Å²) in [6.07, 6.45) is -2.03. The summed E-state index contributed by atoms with van der Waals surface area (Å²) < 4.78 is 12.7. The Balaban J connectivity index is 2.70. The van der Waals surface area contributed by atoms with Crippen molar-refractivity contribution in [2.75, 3.05) is 6.54 Å². The fourth-order valence-electron chi connectivity index (χ4n) is 1.20. The fraction of sp³-hybridized carbons (Fsp3) is 0.571. The predicted octanol–water partition coefficient (Wildman–Crippen LogP) is 1.43. The lowest BCUT2D eigenvalue weighted by Crippen LogP contribution is -2.33. The number of halogens is 2. The van der Waals surface area contributed by atoms with Crippen LogP contribution in [0.15, 0.2) is 0 Å². The van der Waals surface area contributed by atoms with Gasteiger partial charge in [-0.2, -0.15) is 0 Å². The third-order valence-corrected chi connectivity index (χ3v) is 1.95. The monoisotopic (exact) mass is 235 g/mol. The highest BCUT2D eigenvalue weighted by molar-refractivity contribution is 9.12. The topological polar surface area (TPSA) is 40.5 Å². The molecule has 0 spiro atoms. The number of rotatable bonds is 0. The van der Waals surface area contributed by atoms with Crippen LogP contribution in [0, 0.1) is 10.8 Å². The van der Waals surface area contributed by atoms with Gasteiger partial charge in [0.15, 0.2) is 0 Å². The Morgan fingerprint density at radius 2 is 2.42 bits per heavy atom. The minimum Gasteiger partial charge on any atom is -0.465 e. The summed E-state index contributed by atoms with van der Waals surface area (Å²) in [5.41, 5.74) is 0. The van der Waals surface area contributed by atoms with Crippen LogP contribution in [0.1, 0.15) is 6.42 Å². The number of nitrogens with zero attached hydrogens (tertiary/aromatic N) is 1. The Kier molecular flexibility index (Phi) is 2.93. The van der Waals surface area contributed by atoms with E-state index in [4.69, 9.17) is 5.11 Å². The van der Waals surface area contributed by atoms with Gasteiger partial charge in [-0.3, -0.25) is 4.90 Å². The summed E-state index contributed by atoms with van der Waals surface area (Å²) in [6.45, 7) is -0.0678. The molecule has 0 aromatic heterocycles. The second-order valence-electron chi connectivity index (χ2n) is 2.52. The minimum absolute atomic E-state index is 0.0678. The Morgan fingerprint density at radius 1 is 1.75 bits per heavy atom. The van der Waals surface area contributed by atoms with E-state index in [1.165, 1.54) is 0 Å². The largest absolute Gasteiger partial charge is 0.465 e. The van der Waals surface area contributed by atoms with Gasteiger partial charge in [0.05, 0.1) is 6.54 Å². The zero-order valence-corrected chi connectivity index (χ0v) is 7.71. The van der Waals surface area contributed by atoms with Crippen LogP contribution in [-0.2, 0) is 0 Å². The molecular weight excluding hydrogens is 229 g/mol.